The van der Waals surface area contributed by atoms with Gasteiger partial charge in [-0.2, -0.15) is 0 Å². The number of hydrogen-bond donors (Lipinski definition) is 1. The van der Waals surface area contributed by atoms with Crippen LogP contribution >= 0.6 is 0 Å². The number of fused-ring (bicyclic) bond motifs is 3. The van der Waals surface area contributed by atoms with E-state index in [1.165, 1.54) is 11.1 Å². The summed E-state index contributed by atoms with van der Waals surface area (Å²) in [5.74, 6) is -1.01. The summed E-state index contributed by atoms with van der Waals surface area (Å²) in [6.45, 7) is 21.5. The first-order valence-electron chi connectivity index (χ1n) is 15.6. The van der Waals surface area contributed by atoms with Gasteiger partial charge in [-0.25, -0.2) is 0 Å². The maximum Gasteiger partial charge on any atom is 0.184 e. The number of carbonyl (C=O) groups excluding carboxylic acids is 3. The van der Waals surface area contributed by atoms with E-state index in [2.05, 4.69) is 45.9 Å². The lowest BCUT2D eigenvalue weighted by Gasteiger charge is -2.61. The van der Waals surface area contributed by atoms with Crippen molar-refractivity contribution in [2.45, 2.75) is 133 Å². The zero-order chi connectivity index (χ0) is 31.1. The molecule has 1 fully saturated rings. The minimum atomic E-state index is -1.79. The summed E-state index contributed by atoms with van der Waals surface area (Å²) >= 11 is 0. The number of hydrogen-bond acceptors (Lipinski definition) is 5. The topological polar surface area (TPSA) is 80.7 Å². The minimum Gasteiger partial charge on any atom is -0.490 e. The summed E-state index contributed by atoms with van der Waals surface area (Å²) in [7, 11) is 0. The third-order valence-corrected chi connectivity index (χ3v) is 10.2. The highest BCUT2D eigenvalue weighted by molar-refractivity contribution is 6.33. The van der Waals surface area contributed by atoms with Gasteiger partial charge in [0, 0.05) is 17.9 Å². The van der Waals surface area contributed by atoms with Crippen LogP contribution < -0.4 is 0 Å². The van der Waals surface area contributed by atoms with Crippen molar-refractivity contribution in [2.24, 2.45) is 28.1 Å². The van der Waals surface area contributed by atoms with Crippen LogP contribution in [0.3, 0.4) is 0 Å². The Morgan fingerprint density at radius 2 is 1.63 bits per heavy atom. The smallest absolute Gasteiger partial charge is 0.184 e. The van der Waals surface area contributed by atoms with Gasteiger partial charge in [-0.05, 0) is 105 Å². The van der Waals surface area contributed by atoms with Crippen molar-refractivity contribution in [1.82, 2.24) is 0 Å². The molecule has 1 N–H and O–H groups in total. The van der Waals surface area contributed by atoms with Crippen molar-refractivity contribution in [3.05, 3.63) is 46.3 Å². The van der Waals surface area contributed by atoms with Crippen LogP contribution in [0.5, 0.6) is 0 Å². The van der Waals surface area contributed by atoms with Crippen molar-refractivity contribution in [3.8, 4) is 0 Å². The molecular formula is C36H54O5. The van der Waals surface area contributed by atoms with E-state index < -0.39 is 33.9 Å². The fraction of sp³-hybridized carbons (Fsp3) is 0.694. The number of carbonyl (C=O) groups is 3. The molecule has 5 nitrogen and oxygen atoms in total. The predicted octanol–water partition coefficient (Wildman–Crippen LogP) is 8.03. The van der Waals surface area contributed by atoms with Gasteiger partial charge in [0.05, 0.1) is 11.0 Å². The van der Waals surface area contributed by atoms with Gasteiger partial charge >= 0.3 is 0 Å². The molecule has 1 saturated carbocycles. The SMILES string of the molecule is CC[C@@H](C)C(=O)[C@@]12C(=O)C3=C(O[C@@H](C(C)(C)O)C3)[C@@](CC=C(C)C)(C[C@H](CC=C(C)C)[C@@]1(C)CCC=C(C)C)C2=O. The fourth-order valence-corrected chi connectivity index (χ4v) is 7.45. The van der Waals surface area contributed by atoms with Crippen LogP contribution in [0.4, 0.5) is 0 Å². The van der Waals surface area contributed by atoms with E-state index in [1.54, 1.807) is 13.8 Å². The second-order valence-corrected chi connectivity index (χ2v) is 14.6. The lowest BCUT2D eigenvalue weighted by Crippen LogP contribution is -2.70. The molecule has 0 radical (unpaired) electrons. The molecule has 3 aliphatic rings. The van der Waals surface area contributed by atoms with Crippen LogP contribution in [0.2, 0.25) is 0 Å². The van der Waals surface area contributed by atoms with Crippen molar-refractivity contribution in [1.29, 1.82) is 0 Å². The van der Waals surface area contributed by atoms with E-state index >= 15 is 9.59 Å². The van der Waals surface area contributed by atoms with Gasteiger partial charge in [-0.15, -0.1) is 0 Å². The van der Waals surface area contributed by atoms with Crippen molar-refractivity contribution < 1.29 is 24.2 Å². The molecule has 0 amide bonds. The summed E-state index contributed by atoms with van der Waals surface area (Å²) in [5.41, 5.74) is -1.14. The summed E-state index contributed by atoms with van der Waals surface area (Å²) in [4.78, 5) is 45.2. The number of rotatable bonds is 11. The Morgan fingerprint density at radius 1 is 1.05 bits per heavy atom. The van der Waals surface area contributed by atoms with E-state index in [0.717, 1.165) is 5.57 Å². The Bertz CT molecular complexity index is 1190. The largest absolute Gasteiger partial charge is 0.490 e. The molecule has 2 aliphatic carbocycles. The van der Waals surface area contributed by atoms with E-state index in [9.17, 15) is 9.90 Å². The van der Waals surface area contributed by atoms with Gasteiger partial charge in [-0.3, -0.25) is 14.4 Å². The summed E-state index contributed by atoms with van der Waals surface area (Å²) < 4.78 is 6.48. The van der Waals surface area contributed by atoms with E-state index in [-0.39, 0.29) is 29.7 Å². The van der Waals surface area contributed by atoms with Crippen LogP contribution in [0.15, 0.2) is 46.3 Å². The highest BCUT2D eigenvalue weighted by Gasteiger charge is 2.77. The standard InChI is InChI=1S/C36H54O5/c1-12-25(8)29(37)36-30(38)27-20-28(33(9,10)40)41-31(27)35(32(36)39,19-17-24(6)7)21-26(16-15-23(4)5)34(36,11)18-13-14-22(2)3/h14-15,17,25-26,28,40H,12-13,16,18-21H2,1-11H3/t25-,26+,28-,34-,35-,36+/m1/s1. The molecule has 0 aromatic carbocycles. The molecule has 1 heterocycles. The van der Waals surface area contributed by atoms with Crippen LogP contribution in [0.25, 0.3) is 0 Å². The van der Waals surface area contributed by atoms with E-state index in [4.69, 9.17) is 4.74 Å². The number of ketones is 3. The Labute approximate surface area is 248 Å². The van der Waals surface area contributed by atoms with Crippen molar-refractivity contribution in [2.75, 3.05) is 0 Å². The Kier molecular flexibility index (Phi) is 9.55. The first-order valence-corrected chi connectivity index (χ1v) is 15.6. The molecule has 5 heteroatoms. The van der Waals surface area contributed by atoms with Crippen LogP contribution in [0, 0.1) is 28.1 Å². The average Bonchev–Trinajstić information content (AvgIpc) is 3.33. The fourth-order valence-electron chi connectivity index (χ4n) is 7.45. The molecule has 0 spiro atoms. The van der Waals surface area contributed by atoms with E-state index in [1.807, 2.05) is 34.6 Å². The zero-order valence-electron chi connectivity index (χ0n) is 27.5. The maximum absolute atomic E-state index is 15.4. The molecular weight excluding hydrogens is 512 g/mol. The number of aliphatic hydroxyl groups is 1. The van der Waals surface area contributed by atoms with Crippen LogP contribution in [0.1, 0.15) is 121 Å². The minimum absolute atomic E-state index is 0.0954. The molecule has 0 aromatic rings. The molecule has 0 unspecified atom stereocenters. The van der Waals surface area contributed by atoms with E-state index in [0.29, 0.717) is 49.9 Å². The van der Waals surface area contributed by atoms with Gasteiger partial charge in [0.25, 0.3) is 0 Å². The third-order valence-electron chi connectivity index (χ3n) is 10.2. The Morgan fingerprint density at radius 3 is 2.15 bits per heavy atom. The normalized spacial score (nSPS) is 31.7. The summed E-state index contributed by atoms with van der Waals surface area (Å²) in [5, 5.41) is 11.0. The second kappa shape index (κ2) is 11.8. The zero-order valence-corrected chi connectivity index (χ0v) is 27.5. The number of allylic oxidation sites excluding steroid dienone is 7. The predicted molar refractivity (Wildman–Crippen MR) is 165 cm³/mol. The van der Waals surface area contributed by atoms with Crippen LogP contribution in [-0.4, -0.2) is 34.2 Å². The lowest BCUT2D eigenvalue weighted by molar-refractivity contribution is -0.181. The summed E-state index contributed by atoms with van der Waals surface area (Å²) in [6, 6.07) is 0. The molecule has 228 valence electrons. The molecule has 0 saturated heterocycles. The van der Waals surface area contributed by atoms with Gasteiger partial charge < -0.3 is 9.84 Å². The molecule has 2 bridgehead atoms. The van der Waals surface area contributed by atoms with Crippen molar-refractivity contribution >= 4 is 17.3 Å². The second-order valence-electron chi connectivity index (χ2n) is 14.6. The molecule has 41 heavy (non-hydrogen) atoms. The Balaban J connectivity index is 2.45. The van der Waals surface area contributed by atoms with Crippen LogP contribution in [-0.2, 0) is 19.1 Å². The maximum atomic E-state index is 15.4. The highest BCUT2D eigenvalue weighted by Crippen LogP contribution is 2.69. The first kappa shape index (κ1) is 33.2. The summed E-state index contributed by atoms with van der Waals surface area (Å²) in [6.07, 6.45) is 9.33. The van der Waals surface area contributed by atoms with Crippen molar-refractivity contribution in [3.63, 3.8) is 0 Å². The molecule has 6 atom stereocenters. The van der Waals surface area contributed by atoms with Gasteiger partial charge in [-0.1, -0.05) is 55.7 Å². The monoisotopic (exact) mass is 566 g/mol. The first-order chi connectivity index (χ1) is 18.9. The molecule has 0 aromatic heterocycles. The number of ether oxygens (including phenoxy) is 1. The molecule has 3 rings (SSSR count). The highest BCUT2D eigenvalue weighted by atomic mass is 16.5. The number of Topliss-reactive ketones (excluding diaryl/α,β-unsaturated/α-hetero) is 3. The quantitative estimate of drug-likeness (QED) is 0.202. The molecule has 1 aliphatic heterocycles. The van der Waals surface area contributed by atoms with Gasteiger partial charge in [0.1, 0.15) is 11.9 Å². The van der Waals surface area contributed by atoms with Gasteiger partial charge in [0.15, 0.2) is 22.8 Å². The van der Waals surface area contributed by atoms with Gasteiger partial charge in [0.2, 0.25) is 0 Å². The average molecular weight is 567 g/mol. The Hall–Kier alpha value is -2.27. The third kappa shape index (κ3) is 5.48. The lowest BCUT2D eigenvalue weighted by atomic mass is 9.38.